The average molecular weight is 237 g/mol. The number of hydrogen-bond donors (Lipinski definition) is 1. The molecular formula is C13H23N3O. The molecule has 0 radical (unpaired) electrons. The van der Waals surface area contributed by atoms with Crippen LogP contribution in [0.15, 0.2) is 4.42 Å². The van der Waals surface area contributed by atoms with Crippen molar-refractivity contribution < 1.29 is 4.42 Å². The Kier molecular flexibility index (Phi) is 4.15. The van der Waals surface area contributed by atoms with Crippen molar-refractivity contribution in [1.29, 1.82) is 0 Å². The fourth-order valence-electron chi connectivity index (χ4n) is 2.54. The molecule has 4 heteroatoms. The summed E-state index contributed by atoms with van der Waals surface area (Å²) in [5.41, 5.74) is 0. The van der Waals surface area contributed by atoms with Gasteiger partial charge in [0.25, 0.3) is 0 Å². The largest absolute Gasteiger partial charge is 0.424 e. The van der Waals surface area contributed by atoms with Gasteiger partial charge in [-0.2, -0.15) is 0 Å². The van der Waals surface area contributed by atoms with E-state index < -0.39 is 0 Å². The van der Waals surface area contributed by atoms with Gasteiger partial charge >= 0.3 is 0 Å². The summed E-state index contributed by atoms with van der Waals surface area (Å²) in [4.78, 5) is 0. The highest BCUT2D eigenvalue weighted by atomic mass is 16.4. The zero-order valence-electron chi connectivity index (χ0n) is 11.1. The van der Waals surface area contributed by atoms with Gasteiger partial charge in [-0.05, 0) is 25.7 Å². The SMILES string of the molecule is CCc1nnc([C@H](C)N[C@@H]2CCCC[C@H]2C)o1. The second-order valence-electron chi connectivity index (χ2n) is 5.14. The molecule has 1 N–H and O–H groups in total. The normalized spacial score (nSPS) is 27.0. The number of rotatable bonds is 4. The maximum Gasteiger partial charge on any atom is 0.233 e. The van der Waals surface area contributed by atoms with E-state index in [0.717, 1.165) is 24.1 Å². The van der Waals surface area contributed by atoms with Crippen LogP contribution in [0, 0.1) is 5.92 Å². The number of aryl methyl sites for hydroxylation is 1. The van der Waals surface area contributed by atoms with E-state index in [1.165, 1.54) is 25.7 Å². The second kappa shape index (κ2) is 5.63. The van der Waals surface area contributed by atoms with Gasteiger partial charge in [-0.3, -0.25) is 0 Å². The van der Waals surface area contributed by atoms with Crippen molar-refractivity contribution in [3.8, 4) is 0 Å². The Morgan fingerprint density at radius 2 is 2.12 bits per heavy atom. The maximum atomic E-state index is 5.59. The number of aromatic nitrogens is 2. The second-order valence-corrected chi connectivity index (χ2v) is 5.14. The predicted molar refractivity (Wildman–Crippen MR) is 66.6 cm³/mol. The molecule has 1 aliphatic rings. The lowest BCUT2D eigenvalue weighted by atomic mass is 9.85. The Morgan fingerprint density at radius 1 is 1.35 bits per heavy atom. The van der Waals surface area contributed by atoms with E-state index in [1.54, 1.807) is 0 Å². The number of nitrogens with one attached hydrogen (secondary N) is 1. The zero-order valence-corrected chi connectivity index (χ0v) is 11.1. The maximum absolute atomic E-state index is 5.59. The summed E-state index contributed by atoms with van der Waals surface area (Å²) >= 11 is 0. The standard InChI is InChI=1S/C13H23N3O/c1-4-12-15-16-13(17-12)10(3)14-11-8-6-5-7-9(11)2/h9-11,14H,4-8H2,1-3H3/t9-,10+,11-/m1/s1. The Balaban J connectivity index is 1.93. The molecule has 1 aromatic heterocycles. The summed E-state index contributed by atoms with van der Waals surface area (Å²) in [7, 11) is 0. The van der Waals surface area contributed by atoms with Gasteiger partial charge in [0, 0.05) is 12.5 Å². The molecular weight excluding hydrogens is 214 g/mol. The molecule has 96 valence electrons. The number of hydrogen-bond acceptors (Lipinski definition) is 4. The summed E-state index contributed by atoms with van der Waals surface area (Å²) in [6.45, 7) is 6.46. The van der Waals surface area contributed by atoms with E-state index in [-0.39, 0.29) is 6.04 Å². The van der Waals surface area contributed by atoms with Gasteiger partial charge in [-0.25, -0.2) is 0 Å². The van der Waals surface area contributed by atoms with Crippen molar-refractivity contribution >= 4 is 0 Å². The molecule has 1 aliphatic carbocycles. The Bertz CT molecular complexity index is 350. The summed E-state index contributed by atoms with van der Waals surface area (Å²) in [6.07, 6.45) is 6.10. The average Bonchev–Trinajstić information content (AvgIpc) is 2.81. The van der Waals surface area contributed by atoms with Crippen LogP contribution in [-0.4, -0.2) is 16.2 Å². The van der Waals surface area contributed by atoms with Gasteiger partial charge in [0.15, 0.2) is 0 Å². The quantitative estimate of drug-likeness (QED) is 0.874. The van der Waals surface area contributed by atoms with Crippen molar-refractivity contribution in [2.45, 2.75) is 65.0 Å². The first kappa shape index (κ1) is 12.6. The molecule has 0 unspecified atom stereocenters. The molecule has 1 heterocycles. The van der Waals surface area contributed by atoms with Gasteiger partial charge < -0.3 is 9.73 Å². The fourth-order valence-corrected chi connectivity index (χ4v) is 2.54. The van der Waals surface area contributed by atoms with Crippen molar-refractivity contribution in [3.05, 3.63) is 11.8 Å². The van der Waals surface area contributed by atoms with Crippen molar-refractivity contribution in [2.24, 2.45) is 5.92 Å². The molecule has 2 rings (SSSR count). The van der Waals surface area contributed by atoms with E-state index in [9.17, 15) is 0 Å². The highest BCUT2D eigenvalue weighted by molar-refractivity contribution is 4.91. The molecule has 0 amide bonds. The Morgan fingerprint density at radius 3 is 2.76 bits per heavy atom. The third-order valence-corrected chi connectivity index (χ3v) is 3.73. The van der Waals surface area contributed by atoms with Gasteiger partial charge in [0.2, 0.25) is 11.8 Å². The van der Waals surface area contributed by atoms with Crippen LogP contribution in [0.25, 0.3) is 0 Å². The first-order valence-electron chi connectivity index (χ1n) is 6.79. The Labute approximate surface area is 103 Å². The topological polar surface area (TPSA) is 51.0 Å². The van der Waals surface area contributed by atoms with E-state index >= 15 is 0 Å². The minimum Gasteiger partial charge on any atom is -0.424 e. The van der Waals surface area contributed by atoms with Crippen molar-refractivity contribution in [2.75, 3.05) is 0 Å². The molecule has 1 aromatic rings. The predicted octanol–water partition coefficient (Wildman–Crippen LogP) is 2.86. The molecule has 1 fully saturated rings. The van der Waals surface area contributed by atoms with Gasteiger partial charge in [0.1, 0.15) is 0 Å². The highest BCUT2D eigenvalue weighted by Gasteiger charge is 2.24. The molecule has 0 aromatic carbocycles. The van der Waals surface area contributed by atoms with Crippen LogP contribution in [0.3, 0.4) is 0 Å². The van der Waals surface area contributed by atoms with Crippen molar-refractivity contribution in [1.82, 2.24) is 15.5 Å². The van der Waals surface area contributed by atoms with Gasteiger partial charge in [0.05, 0.1) is 6.04 Å². The monoisotopic (exact) mass is 237 g/mol. The van der Waals surface area contributed by atoms with Crippen LogP contribution < -0.4 is 5.32 Å². The lowest BCUT2D eigenvalue weighted by Crippen LogP contribution is -2.38. The summed E-state index contributed by atoms with van der Waals surface area (Å²) in [5, 5.41) is 11.7. The highest BCUT2D eigenvalue weighted by Crippen LogP contribution is 2.26. The van der Waals surface area contributed by atoms with Crippen LogP contribution >= 0.6 is 0 Å². The molecule has 0 bridgehead atoms. The summed E-state index contributed by atoms with van der Waals surface area (Å²) < 4.78 is 5.59. The molecule has 3 atom stereocenters. The Hall–Kier alpha value is -0.900. The fraction of sp³-hybridized carbons (Fsp3) is 0.846. The van der Waals surface area contributed by atoms with Gasteiger partial charge in [-0.1, -0.05) is 26.7 Å². The van der Waals surface area contributed by atoms with E-state index in [1.807, 2.05) is 6.92 Å². The smallest absolute Gasteiger partial charge is 0.233 e. The van der Waals surface area contributed by atoms with E-state index in [2.05, 4.69) is 29.4 Å². The zero-order chi connectivity index (χ0) is 12.3. The third kappa shape index (κ3) is 3.06. The van der Waals surface area contributed by atoms with Crippen LogP contribution in [0.2, 0.25) is 0 Å². The molecule has 4 nitrogen and oxygen atoms in total. The van der Waals surface area contributed by atoms with Crippen LogP contribution in [-0.2, 0) is 6.42 Å². The molecule has 0 saturated heterocycles. The minimum atomic E-state index is 0.161. The van der Waals surface area contributed by atoms with E-state index in [0.29, 0.717) is 6.04 Å². The first-order valence-corrected chi connectivity index (χ1v) is 6.79. The van der Waals surface area contributed by atoms with Crippen LogP contribution in [0.1, 0.15) is 64.3 Å². The third-order valence-electron chi connectivity index (χ3n) is 3.73. The van der Waals surface area contributed by atoms with Gasteiger partial charge in [-0.15, -0.1) is 10.2 Å². The summed E-state index contributed by atoms with van der Waals surface area (Å²) in [6, 6.07) is 0.754. The number of nitrogens with zero attached hydrogens (tertiary/aromatic N) is 2. The first-order chi connectivity index (χ1) is 8.20. The summed E-state index contributed by atoms with van der Waals surface area (Å²) in [5.74, 6) is 2.20. The lowest BCUT2D eigenvalue weighted by molar-refractivity contribution is 0.249. The van der Waals surface area contributed by atoms with Crippen LogP contribution in [0.5, 0.6) is 0 Å². The lowest BCUT2D eigenvalue weighted by Gasteiger charge is -2.31. The molecule has 1 saturated carbocycles. The molecule has 0 spiro atoms. The molecule has 0 aliphatic heterocycles. The van der Waals surface area contributed by atoms with Crippen LogP contribution in [0.4, 0.5) is 0 Å². The minimum absolute atomic E-state index is 0.161. The molecule has 17 heavy (non-hydrogen) atoms. The van der Waals surface area contributed by atoms with Crippen molar-refractivity contribution in [3.63, 3.8) is 0 Å². The van der Waals surface area contributed by atoms with E-state index in [4.69, 9.17) is 4.42 Å².